The summed E-state index contributed by atoms with van der Waals surface area (Å²) in [6.45, 7) is 4.90. The van der Waals surface area contributed by atoms with Gasteiger partial charge >= 0.3 is 0 Å². The molecule has 2 aromatic rings. The lowest BCUT2D eigenvalue weighted by atomic mass is 9.70. The zero-order valence-corrected chi connectivity index (χ0v) is 18.4. The van der Waals surface area contributed by atoms with Gasteiger partial charge in [0.05, 0.1) is 12.7 Å². The summed E-state index contributed by atoms with van der Waals surface area (Å²) < 4.78 is 18.2. The highest BCUT2D eigenvalue weighted by Gasteiger charge is 2.52. The fourth-order valence-electron chi connectivity index (χ4n) is 5.54. The number of ether oxygens (including phenoxy) is 3. The van der Waals surface area contributed by atoms with E-state index in [1.54, 1.807) is 7.11 Å². The monoisotopic (exact) mass is 421 g/mol. The van der Waals surface area contributed by atoms with E-state index in [1.807, 2.05) is 29.2 Å². The number of aryl methyl sites for hydroxylation is 1. The van der Waals surface area contributed by atoms with Crippen LogP contribution in [0.2, 0.25) is 0 Å². The van der Waals surface area contributed by atoms with Gasteiger partial charge in [-0.2, -0.15) is 0 Å². The topological polar surface area (TPSA) is 48.0 Å². The first kappa shape index (κ1) is 20.5. The van der Waals surface area contributed by atoms with Crippen LogP contribution in [0.15, 0.2) is 42.5 Å². The van der Waals surface area contributed by atoms with E-state index >= 15 is 0 Å². The molecule has 3 aliphatic heterocycles. The van der Waals surface area contributed by atoms with Gasteiger partial charge in [0.2, 0.25) is 0 Å². The molecule has 0 radical (unpaired) electrons. The number of carbonyl (C=O) groups excluding carboxylic acids is 1. The summed E-state index contributed by atoms with van der Waals surface area (Å²) in [6.07, 6.45) is 3.99. The van der Waals surface area contributed by atoms with Crippen molar-refractivity contribution in [3.05, 3.63) is 64.7 Å². The van der Waals surface area contributed by atoms with Gasteiger partial charge < -0.3 is 19.1 Å². The Kier molecular flexibility index (Phi) is 5.49. The quantitative estimate of drug-likeness (QED) is 0.722. The van der Waals surface area contributed by atoms with Gasteiger partial charge in [-0.25, -0.2) is 0 Å². The largest absolute Gasteiger partial charge is 0.486 e. The van der Waals surface area contributed by atoms with Crippen molar-refractivity contribution in [2.45, 2.75) is 50.9 Å². The number of fused-ring (bicyclic) bond motifs is 4. The summed E-state index contributed by atoms with van der Waals surface area (Å²) in [6, 6.07) is 14.2. The molecule has 0 bridgehead atoms. The summed E-state index contributed by atoms with van der Waals surface area (Å²) >= 11 is 0. The number of benzene rings is 2. The summed E-state index contributed by atoms with van der Waals surface area (Å²) in [5.41, 5.74) is 3.96. The zero-order chi connectivity index (χ0) is 21.4. The Balaban J connectivity index is 1.34. The number of methoxy groups -OCH3 is 1. The summed E-state index contributed by atoms with van der Waals surface area (Å²) in [4.78, 5) is 15.1. The Labute approximate surface area is 184 Å². The molecular weight excluding hydrogens is 390 g/mol. The SMILES string of the molecule is COCc1ccc(C(=O)N2CCC3(CC2)Oc2cc(C)ccc2[C@H]2OCCC[C@@H]23)cc1. The van der Waals surface area contributed by atoms with Crippen molar-refractivity contribution in [1.29, 1.82) is 0 Å². The van der Waals surface area contributed by atoms with Gasteiger partial charge in [-0.1, -0.05) is 24.3 Å². The standard InChI is InChI=1S/C26H31NO4/c1-18-5-10-21-23(16-18)31-26(22-4-3-15-30-24(21)22)11-13-27(14-12-26)25(28)20-8-6-19(7-9-20)17-29-2/h5-10,16,22,24H,3-4,11-15,17H2,1-2H3/t22-,24+/m0/s1. The first-order chi connectivity index (χ1) is 15.1. The van der Waals surface area contributed by atoms with Gasteiger partial charge in [-0.05, 0) is 49.1 Å². The molecule has 0 aliphatic carbocycles. The number of rotatable bonds is 3. The van der Waals surface area contributed by atoms with Crippen molar-refractivity contribution >= 4 is 5.91 Å². The predicted molar refractivity (Wildman–Crippen MR) is 118 cm³/mol. The van der Waals surface area contributed by atoms with Gasteiger partial charge in [-0.15, -0.1) is 0 Å². The van der Waals surface area contributed by atoms with E-state index in [9.17, 15) is 4.79 Å². The zero-order valence-electron chi connectivity index (χ0n) is 18.4. The van der Waals surface area contributed by atoms with Crippen LogP contribution in [0.3, 0.4) is 0 Å². The Morgan fingerprint density at radius 1 is 1.16 bits per heavy atom. The minimum absolute atomic E-state index is 0.0994. The highest BCUT2D eigenvalue weighted by Crippen LogP contribution is 2.53. The van der Waals surface area contributed by atoms with E-state index in [0.717, 1.165) is 49.2 Å². The highest BCUT2D eigenvalue weighted by molar-refractivity contribution is 5.94. The maximum Gasteiger partial charge on any atom is 0.253 e. The Bertz CT molecular complexity index is 946. The molecule has 31 heavy (non-hydrogen) atoms. The van der Waals surface area contributed by atoms with Crippen LogP contribution in [0.4, 0.5) is 0 Å². The lowest BCUT2D eigenvalue weighted by Gasteiger charge is -2.53. The highest BCUT2D eigenvalue weighted by atomic mass is 16.5. The van der Waals surface area contributed by atoms with Crippen molar-refractivity contribution in [3.8, 4) is 5.75 Å². The Morgan fingerprint density at radius 3 is 2.68 bits per heavy atom. The smallest absolute Gasteiger partial charge is 0.253 e. The van der Waals surface area contributed by atoms with Crippen LogP contribution >= 0.6 is 0 Å². The molecule has 2 aromatic carbocycles. The summed E-state index contributed by atoms with van der Waals surface area (Å²) in [5.74, 6) is 1.42. The minimum Gasteiger partial charge on any atom is -0.486 e. The number of hydrogen-bond acceptors (Lipinski definition) is 4. The van der Waals surface area contributed by atoms with E-state index in [-0.39, 0.29) is 17.6 Å². The Morgan fingerprint density at radius 2 is 1.94 bits per heavy atom. The second-order valence-electron chi connectivity index (χ2n) is 9.17. The molecule has 0 N–H and O–H groups in total. The fourth-order valence-corrected chi connectivity index (χ4v) is 5.54. The average Bonchev–Trinajstić information content (AvgIpc) is 2.80. The van der Waals surface area contributed by atoms with Crippen LogP contribution in [0.25, 0.3) is 0 Å². The molecule has 0 saturated carbocycles. The molecule has 3 heterocycles. The minimum atomic E-state index is -0.245. The third-order valence-corrected chi connectivity index (χ3v) is 7.20. The van der Waals surface area contributed by atoms with Crippen LogP contribution in [0, 0.1) is 12.8 Å². The fraction of sp³-hybridized carbons (Fsp3) is 0.500. The normalized spacial score (nSPS) is 24.3. The predicted octanol–water partition coefficient (Wildman–Crippen LogP) is 4.68. The van der Waals surface area contributed by atoms with Gasteiger partial charge in [0.25, 0.3) is 5.91 Å². The molecule has 5 rings (SSSR count). The van der Waals surface area contributed by atoms with E-state index in [2.05, 4.69) is 25.1 Å². The molecule has 1 spiro atoms. The molecular formula is C26H31NO4. The molecule has 2 fully saturated rings. The Hall–Kier alpha value is -2.37. The van der Waals surface area contributed by atoms with Crippen molar-refractivity contribution in [3.63, 3.8) is 0 Å². The summed E-state index contributed by atoms with van der Waals surface area (Å²) in [7, 11) is 1.68. The molecule has 1 amide bonds. The molecule has 5 heteroatoms. The van der Waals surface area contributed by atoms with Crippen LogP contribution in [0.5, 0.6) is 5.75 Å². The lowest BCUT2D eigenvalue weighted by Crippen LogP contribution is -2.57. The lowest BCUT2D eigenvalue weighted by molar-refractivity contribution is -0.147. The number of nitrogens with zero attached hydrogens (tertiary/aromatic N) is 1. The average molecular weight is 422 g/mol. The van der Waals surface area contributed by atoms with Gasteiger partial charge in [0.1, 0.15) is 11.4 Å². The molecule has 0 aromatic heterocycles. The van der Waals surface area contributed by atoms with Crippen LogP contribution < -0.4 is 4.74 Å². The van der Waals surface area contributed by atoms with E-state index in [4.69, 9.17) is 14.2 Å². The maximum absolute atomic E-state index is 13.1. The second-order valence-corrected chi connectivity index (χ2v) is 9.17. The molecule has 0 unspecified atom stereocenters. The molecule has 2 saturated heterocycles. The van der Waals surface area contributed by atoms with E-state index in [1.165, 1.54) is 11.1 Å². The van der Waals surface area contributed by atoms with Crippen LogP contribution in [0.1, 0.15) is 58.8 Å². The van der Waals surface area contributed by atoms with Crippen molar-refractivity contribution < 1.29 is 19.0 Å². The number of hydrogen-bond donors (Lipinski definition) is 0. The number of likely N-dealkylation sites (tertiary alicyclic amines) is 1. The molecule has 2 atom stereocenters. The number of amides is 1. The number of piperidine rings is 1. The third kappa shape index (κ3) is 3.74. The second kappa shape index (κ2) is 8.29. The molecule has 164 valence electrons. The van der Waals surface area contributed by atoms with Crippen molar-refractivity contribution in [2.24, 2.45) is 5.92 Å². The molecule has 3 aliphatic rings. The third-order valence-electron chi connectivity index (χ3n) is 7.20. The van der Waals surface area contributed by atoms with Crippen molar-refractivity contribution in [1.82, 2.24) is 4.90 Å². The van der Waals surface area contributed by atoms with Crippen molar-refractivity contribution in [2.75, 3.05) is 26.8 Å². The first-order valence-electron chi connectivity index (χ1n) is 11.4. The molecule has 5 nitrogen and oxygen atoms in total. The number of carbonyl (C=O) groups is 1. The van der Waals surface area contributed by atoms with Gasteiger partial charge in [-0.3, -0.25) is 4.79 Å². The van der Waals surface area contributed by atoms with Gasteiger partial charge in [0.15, 0.2) is 0 Å². The van der Waals surface area contributed by atoms with E-state index in [0.29, 0.717) is 25.6 Å². The summed E-state index contributed by atoms with van der Waals surface area (Å²) in [5, 5.41) is 0. The maximum atomic E-state index is 13.1. The van der Waals surface area contributed by atoms with E-state index < -0.39 is 0 Å². The van der Waals surface area contributed by atoms with Gasteiger partial charge in [0, 0.05) is 56.7 Å². The van der Waals surface area contributed by atoms with Crippen LogP contribution in [-0.4, -0.2) is 43.2 Å². The van der Waals surface area contributed by atoms with Crippen LogP contribution in [-0.2, 0) is 16.1 Å². The first-order valence-corrected chi connectivity index (χ1v) is 11.4.